The predicted octanol–water partition coefficient (Wildman–Crippen LogP) is 3.56. The van der Waals surface area contributed by atoms with Gasteiger partial charge in [-0.15, -0.1) is 0 Å². The van der Waals surface area contributed by atoms with Crippen molar-refractivity contribution in [3.63, 3.8) is 0 Å². The lowest BCUT2D eigenvalue weighted by molar-refractivity contribution is -0.116. The van der Waals surface area contributed by atoms with Crippen LogP contribution < -0.4 is 10.2 Å². The zero-order valence-electron chi connectivity index (χ0n) is 14.1. The summed E-state index contributed by atoms with van der Waals surface area (Å²) in [6, 6.07) is 14.6. The van der Waals surface area contributed by atoms with Crippen LogP contribution >= 0.6 is 0 Å². The molecular formula is C20H22N2O3. The molecule has 0 radical (unpaired) electrons. The van der Waals surface area contributed by atoms with Crippen LogP contribution in [0.4, 0.5) is 11.4 Å². The molecule has 0 saturated carbocycles. The highest BCUT2D eigenvalue weighted by Crippen LogP contribution is 2.28. The Hall–Kier alpha value is -2.82. The second-order valence-corrected chi connectivity index (χ2v) is 6.26. The smallest absolute Gasteiger partial charge is 0.335 e. The van der Waals surface area contributed by atoms with Gasteiger partial charge in [0.2, 0.25) is 5.91 Å². The van der Waals surface area contributed by atoms with Crippen molar-refractivity contribution in [2.75, 3.05) is 23.3 Å². The Morgan fingerprint density at radius 3 is 2.36 bits per heavy atom. The molecular weight excluding hydrogens is 316 g/mol. The zero-order chi connectivity index (χ0) is 17.6. The van der Waals surface area contributed by atoms with E-state index >= 15 is 0 Å². The molecule has 0 atom stereocenters. The first-order valence-corrected chi connectivity index (χ1v) is 8.59. The van der Waals surface area contributed by atoms with Crippen molar-refractivity contribution >= 4 is 23.3 Å². The Labute approximate surface area is 147 Å². The number of aryl methyl sites for hydroxylation is 1. The molecule has 2 aromatic rings. The van der Waals surface area contributed by atoms with E-state index in [1.54, 1.807) is 24.3 Å². The van der Waals surface area contributed by atoms with Crippen molar-refractivity contribution in [3.8, 4) is 0 Å². The maximum Gasteiger partial charge on any atom is 0.335 e. The molecule has 1 aliphatic rings. The van der Waals surface area contributed by atoms with Crippen LogP contribution in [0.15, 0.2) is 48.5 Å². The molecule has 130 valence electrons. The molecule has 5 nitrogen and oxygen atoms in total. The molecule has 3 rings (SSSR count). The number of hydrogen-bond donors (Lipinski definition) is 2. The topological polar surface area (TPSA) is 69.6 Å². The van der Waals surface area contributed by atoms with Crippen molar-refractivity contribution in [1.82, 2.24) is 0 Å². The number of nitrogens with one attached hydrogen (secondary N) is 1. The van der Waals surface area contributed by atoms with Gasteiger partial charge in [-0.3, -0.25) is 4.79 Å². The highest BCUT2D eigenvalue weighted by atomic mass is 16.4. The van der Waals surface area contributed by atoms with E-state index < -0.39 is 5.97 Å². The molecule has 0 aromatic heterocycles. The average molecular weight is 338 g/mol. The molecule has 1 saturated heterocycles. The summed E-state index contributed by atoms with van der Waals surface area (Å²) in [6.45, 7) is 2.06. The number of carboxylic acids is 1. The summed E-state index contributed by atoms with van der Waals surface area (Å²) in [5.74, 6) is -0.975. The number of benzene rings is 2. The van der Waals surface area contributed by atoms with Crippen LogP contribution in [0.1, 0.15) is 35.2 Å². The third-order valence-corrected chi connectivity index (χ3v) is 4.47. The number of carbonyl (C=O) groups excluding carboxylic acids is 1. The first-order valence-electron chi connectivity index (χ1n) is 8.59. The van der Waals surface area contributed by atoms with Gasteiger partial charge >= 0.3 is 5.97 Å². The van der Waals surface area contributed by atoms with E-state index in [2.05, 4.69) is 10.2 Å². The SMILES string of the molecule is O=C(CCc1ccc(C(=O)O)cc1)Nc1ccccc1N1CCCC1. The third-order valence-electron chi connectivity index (χ3n) is 4.47. The summed E-state index contributed by atoms with van der Waals surface area (Å²) in [4.78, 5) is 25.5. The minimum Gasteiger partial charge on any atom is -0.478 e. The molecule has 1 heterocycles. The standard InChI is InChI=1S/C20H22N2O3/c23-19(12-9-15-7-10-16(11-8-15)20(24)25)21-17-5-1-2-6-18(17)22-13-3-4-14-22/h1-2,5-8,10-11H,3-4,9,12-14H2,(H,21,23)(H,24,25). The van der Waals surface area contributed by atoms with Crippen LogP contribution in [0.2, 0.25) is 0 Å². The summed E-state index contributed by atoms with van der Waals surface area (Å²) in [5.41, 5.74) is 3.15. The van der Waals surface area contributed by atoms with Crippen LogP contribution in [0, 0.1) is 0 Å². The average Bonchev–Trinajstić information content (AvgIpc) is 3.15. The molecule has 0 unspecified atom stereocenters. The predicted molar refractivity (Wildman–Crippen MR) is 98.2 cm³/mol. The summed E-state index contributed by atoms with van der Waals surface area (Å²) in [5, 5.41) is 11.9. The number of rotatable bonds is 6. The van der Waals surface area contributed by atoms with Gasteiger partial charge in [0.05, 0.1) is 16.9 Å². The normalized spacial score (nSPS) is 13.7. The van der Waals surface area contributed by atoms with E-state index in [4.69, 9.17) is 5.11 Å². The monoisotopic (exact) mass is 338 g/mol. The first-order chi connectivity index (χ1) is 12.1. The van der Waals surface area contributed by atoms with E-state index in [-0.39, 0.29) is 11.5 Å². The number of carbonyl (C=O) groups is 2. The highest BCUT2D eigenvalue weighted by molar-refractivity contribution is 5.94. The number of nitrogens with zero attached hydrogens (tertiary/aromatic N) is 1. The number of aromatic carboxylic acids is 1. The highest BCUT2D eigenvalue weighted by Gasteiger charge is 2.16. The summed E-state index contributed by atoms with van der Waals surface area (Å²) in [7, 11) is 0. The molecule has 1 amide bonds. The summed E-state index contributed by atoms with van der Waals surface area (Å²) in [6.07, 6.45) is 3.32. The van der Waals surface area contributed by atoms with Gasteiger partial charge in [0.25, 0.3) is 0 Å². The van der Waals surface area contributed by atoms with Gasteiger partial charge in [0, 0.05) is 19.5 Å². The summed E-state index contributed by atoms with van der Waals surface area (Å²) >= 11 is 0. The molecule has 0 bridgehead atoms. The van der Waals surface area contributed by atoms with Crippen molar-refractivity contribution in [3.05, 3.63) is 59.7 Å². The number of amides is 1. The van der Waals surface area contributed by atoms with E-state index in [9.17, 15) is 9.59 Å². The Morgan fingerprint density at radius 2 is 1.68 bits per heavy atom. The van der Waals surface area contributed by atoms with Crippen LogP contribution in [0.5, 0.6) is 0 Å². The molecule has 2 aromatic carbocycles. The van der Waals surface area contributed by atoms with Gasteiger partial charge in [-0.25, -0.2) is 4.79 Å². The fourth-order valence-electron chi connectivity index (χ4n) is 3.10. The number of para-hydroxylation sites is 2. The Kier molecular flexibility index (Phi) is 5.33. The van der Waals surface area contributed by atoms with Crippen molar-refractivity contribution in [1.29, 1.82) is 0 Å². The third kappa shape index (κ3) is 4.38. The molecule has 5 heteroatoms. The Morgan fingerprint density at radius 1 is 1.00 bits per heavy atom. The number of anilines is 2. The lowest BCUT2D eigenvalue weighted by Gasteiger charge is -2.21. The first kappa shape index (κ1) is 17.0. The van der Waals surface area contributed by atoms with Gasteiger partial charge < -0.3 is 15.3 Å². The molecule has 2 N–H and O–H groups in total. The van der Waals surface area contributed by atoms with Crippen LogP contribution in [-0.2, 0) is 11.2 Å². The minimum absolute atomic E-state index is 0.0334. The van der Waals surface area contributed by atoms with E-state index in [0.717, 1.165) is 30.0 Å². The van der Waals surface area contributed by atoms with Crippen LogP contribution in [0.25, 0.3) is 0 Å². The largest absolute Gasteiger partial charge is 0.478 e. The van der Waals surface area contributed by atoms with Crippen molar-refractivity contribution in [2.45, 2.75) is 25.7 Å². The number of carboxylic acid groups (broad SMARTS) is 1. The zero-order valence-corrected chi connectivity index (χ0v) is 14.1. The fourth-order valence-corrected chi connectivity index (χ4v) is 3.10. The van der Waals surface area contributed by atoms with E-state index in [1.165, 1.54) is 12.8 Å². The van der Waals surface area contributed by atoms with Gasteiger partial charge in [0.15, 0.2) is 0 Å². The lowest BCUT2D eigenvalue weighted by atomic mass is 10.1. The van der Waals surface area contributed by atoms with Gasteiger partial charge in [-0.05, 0) is 49.1 Å². The van der Waals surface area contributed by atoms with Crippen LogP contribution in [0.3, 0.4) is 0 Å². The van der Waals surface area contributed by atoms with E-state index in [1.807, 2.05) is 24.3 Å². The Balaban J connectivity index is 1.58. The molecule has 0 aliphatic carbocycles. The molecule has 0 spiro atoms. The second kappa shape index (κ2) is 7.83. The lowest BCUT2D eigenvalue weighted by Crippen LogP contribution is -2.21. The van der Waals surface area contributed by atoms with Crippen molar-refractivity contribution in [2.24, 2.45) is 0 Å². The molecule has 1 aliphatic heterocycles. The van der Waals surface area contributed by atoms with Crippen molar-refractivity contribution < 1.29 is 14.7 Å². The Bertz CT molecular complexity index is 750. The van der Waals surface area contributed by atoms with Gasteiger partial charge in [-0.2, -0.15) is 0 Å². The van der Waals surface area contributed by atoms with E-state index in [0.29, 0.717) is 12.8 Å². The van der Waals surface area contributed by atoms with Gasteiger partial charge in [-0.1, -0.05) is 24.3 Å². The summed E-state index contributed by atoms with van der Waals surface area (Å²) < 4.78 is 0. The number of hydrogen-bond acceptors (Lipinski definition) is 3. The molecule has 25 heavy (non-hydrogen) atoms. The maximum absolute atomic E-state index is 12.3. The maximum atomic E-state index is 12.3. The second-order valence-electron chi connectivity index (χ2n) is 6.26. The molecule has 1 fully saturated rings. The minimum atomic E-state index is -0.942. The quantitative estimate of drug-likeness (QED) is 0.845. The van der Waals surface area contributed by atoms with Gasteiger partial charge in [0.1, 0.15) is 0 Å². The van der Waals surface area contributed by atoms with Crippen LogP contribution in [-0.4, -0.2) is 30.1 Å². The fraction of sp³-hybridized carbons (Fsp3) is 0.300.